The van der Waals surface area contributed by atoms with Gasteiger partial charge in [-0.1, -0.05) is 0 Å². The highest BCUT2D eigenvalue weighted by Gasteiger charge is 2.17. The van der Waals surface area contributed by atoms with Gasteiger partial charge in [-0.15, -0.1) is 0 Å². The molecule has 0 saturated heterocycles. The van der Waals surface area contributed by atoms with E-state index < -0.39 is 11.7 Å². The van der Waals surface area contributed by atoms with Crippen molar-refractivity contribution < 1.29 is 13.6 Å². The molecule has 1 aromatic carbocycles. The second-order valence-corrected chi connectivity index (χ2v) is 4.58. The maximum Gasteiger partial charge on any atom is 0.293 e. The number of nitrogens with one attached hydrogen (secondary N) is 1. The second-order valence-electron chi connectivity index (χ2n) is 3.73. The zero-order valence-electron chi connectivity index (χ0n) is 9.75. The molecular weight excluding hydrogens is 303 g/mol. The van der Waals surface area contributed by atoms with Crippen molar-refractivity contribution >= 4 is 27.5 Å². The van der Waals surface area contributed by atoms with Crippen LogP contribution in [0, 0.1) is 19.7 Å². The summed E-state index contributed by atoms with van der Waals surface area (Å²) < 4.78 is 18.9. The summed E-state index contributed by atoms with van der Waals surface area (Å²) in [6.07, 6.45) is 0. The molecular formula is C12H10BrFN2O2. The monoisotopic (exact) mass is 312 g/mol. The van der Waals surface area contributed by atoms with Crippen molar-refractivity contribution in [1.29, 1.82) is 0 Å². The Kier molecular flexibility index (Phi) is 3.47. The molecule has 0 atom stereocenters. The highest BCUT2D eigenvalue weighted by atomic mass is 79.9. The molecule has 0 fully saturated rings. The van der Waals surface area contributed by atoms with Gasteiger partial charge >= 0.3 is 0 Å². The first-order chi connectivity index (χ1) is 8.47. The molecule has 0 spiro atoms. The van der Waals surface area contributed by atoms with Crippen LogP contribution in [0.5, 0.6) is 0 Å². The average molecular weight is 313 g/mol. The molecule has 1 heterocycles. The van der Waals surface area contributed by atoms with Crippen LogP contribution in [-0.4, -0.2) is 10.9 Å². The van der Waals surface area contributed by atoms with Crippen molar-refractivity contribution in [3.63, 3.8) is 0 Å². The molecule has 2 rings (SSSR count). The van der Waals surface area contributed by atoms with E-state index in [9.17, 15) is 9.18 Å². The third-order valence-corrected chi connectivity index (χ3v) is 2.98. The van der Waals surface area contributed by atoms with Crippen molar-refractivity contribution in [2.24, 2.45) is 0 Å². The quantitative estimate of drug-likeness (QED) is 0.924. The minimum atomic E-state index is -0.459. The van der Waals surface area contributed by atoms with Crippen LogP contribution in [0.2, 0.25) is 0 Å². The Balaban J connectivity index is 2.26. The Morgan fingerprint density at radius 3 is 2.78 bits per heavy atom. The van der Waals surface area contributed by atoms with Crippen molar-refractivity contribution in [2.45, 2.75) is 13.8 Å². The number of hydrogen-bond donors (Lipinski definition) is 1. The largest absolute Gasteiger partial charge is 0.436 e. The first-order valence-electron chi connectivity index (χ1n) is 5.18. The van der Waals surface area contributed by atoms with E-state index in [0.29, 0.717) is 21.7 Å². The maximum absolute atomic E-state index is 13.1. The number of hydrogen-bond acceptors (Lipinski definition) is 3. The van der Waals surface area contributed by atoms with Gasteiger partial charge < -0.3 is 9.73 Å². The minimum Gasteiger partial charge on any atom is -0.436 e. The van der Waals surface area contributed by atoms with E-state index >= 15 is 0 Å². The highest BCUT2D eigenvalue weighted by molar-refractivity contribution is 9.10. The van der Waals surface area contributed by atoms with E-state index in [-0.39, 0.29) is 5.76 Å². The van der Waals surface area contributed by atoms with E-state index in [1.807, 2.05) is 0 Å². The normalized spacial score (nSPS) is 10.4. The predicted octanol–water partition coefficient (Wildman–Crippen LogP) is 3.45. The molecule has 94 valence electrons. The smallest absolute Gasteiger partial charge is 0.293 e. The molecule has 18 heavy (non-hydrogen) atoms. The Bertz CT molecular complexity index is 610. The summed E-state index contributed by atoms with van der Waals surface area (Å²) in [5.74, 6) is -0.349. The summed E-state index contributed by atoms with van der Waals surface area (Å²) in [5.41, 5.74) is 0.839. The van der Waals surface area contributed by atoms with Crippen molar-refractivity contribution in [3.8, 4) is 0 Å². The molecule has 0 aliphatic rings. The lowest BCUT2D eigenvalue weighted by atomic mass is 10.3. The fourth-order valence-electron chi connectivity index (χ4n) is 1.51. The summed E-state index contributed by atoms with van der Waals surface area (Å²) in [7, 11) is 0. The molecule has 1 amide bonds. The van der Waals surface area contributed by atoms with Gasteiger partial charge in [-0.3, -0.25) is 4.79 Å². The number of oxazole rings is 1. The molecule has 1 aromatic heterocycles. The van der Waals surface area contributed by atoms with Gasteiger partial charge in [0.1, 0.15) is 5.82 Å². The van der Waals surface area contributed by atoms with Gasteiger partial charge in [0.05, 0.1) is 11.4 Å². The average Bonchev–Trinajstić information content (AvgIpc) is 2.63. The Morgan fingerprint density at radius 2 is 2.17 bits per heavy atom. The van der Waals surface area contributed by atoms with E-state index in [1.165, 1.54) is 18.2 Å². The zero-order valence-corrected chi connectivity index (χ0v) is 11.3. The lowest BCUT2D eigenvalue weighted by Gasteiger charge is -2.05. The number of carbonyl (C=O) groups is 1. The Morgan fingerprint density at radius 1 is 1.44 bits per heavy atom. The van der Waals surface area contributed by atoms with Crippen LogP contribution >= 0.6 is 15.9 Å². The lowest BCUT2D eigenvalue weighted by Crippen LogP contribution is -2.12. The summed E-state index contributed by atoms with van der Waals surface area (Å²) in [6, 6.07) is 4.04. The highest BCUT2D eigenvalue weighted by Crippen LogP contribution is 2.24. The van der Waals surface area contributed by atoms with Crippen molar-refractivity contribution in [3.05, 3.63) is 45.8 Å². The van der Waals surface area contributed by atoms with Crippen LogP contribution < -0.4 is 5.32 Å². The van der Waals surface area contributed by atoms with Crippen LogP contribution in [0.3, 0.4) is 0 Å². The molecule has 2 aromatic rings. The number of amides is 1. The van der Waals surface area contributed by atoms with Gasteiger partial charge in [0.15, 0.2) is 5.89 Å². The van der Waals surface area contributed by atoms with Crippen LogP contribution in [0.15, 0.2) is 27.1 Å². The maximum atomic E-state index is 13.1. The van der Waals surface area contributed by atoms with Crippen molar-refractivity contribution in [2.75, 3.05) is 5.32 Å². The molecule has 0 radical (unpaired) electrons. The fraction of sp³-hybridized carbons (Fsp3) is 0.167. The standard InChI is InChI=1S/C12H10BrFN2O2/c1-6-11(18-7(2)15-6)12(17)16-10-5-8(14)3-4-9(10)13/h3-5H,1-2H3,(H,16,17). The third kappa shape index (κ3) is 2.59. The van der Waals surface area contributed by atoms with Gasteiger partial charge in [0.25, 0.3) is 5.91 Å². The number of aryl methyl sites for hydroxylation is 2. The summed E-state index contributed by atoms with van der Waals surface area (Å²) in [5, 5.41) is 2.56. The first kappa shape index (κ1) is 12.8. The van der Waals surface area contributed by atoms with Gasteiger partial charge in [-0.05, 0) is 41.1 Å². The summed E-state index contributed by atoms with van der Waals surface area (Å²) >= 11 is 3.23. The van der Waals surface area contributed by atoms with Crippen LogP contribution in [-0.2, 0) is 0 Å². The Labute approximate surface area is 111 Å². The van der Waals surface area contributed by atoms with Crippen LogP contribution in [0.25, 0.3) is 0 Å². The van der Waals surface area contributed by atoms with Crippen molar-refractivity contribution in [1.82, 2.24) is 4.98 Å². The molecule has 0 bridgehead atoms. The van der Waals surface area contributed by atoms with Crippen LogP contribution in [0.1, 0.15) is 22.1 Å². The van der Waals surface area contributed by atoms with Crippen LogP contribution in [0.4, 0.5) is 10.1 Å². The minimum absolute atomic E-state index is 0.128. The number of rotatable bonds is 2. The molecule has 6 heteroatoms. The number of nitrogens with zero attached hydrogens (tertiary/aromatic N) is 1. The number of benzene rings is 1. The van der Waals surface area contributed by atoms with Gasteiger partial charge in [0, 0.05) is 11.4 Å². The fourth-order valence-corrected chi connectivity index (χ4v) is 1.86. The Hall–Kier alpha value is -1.69. The third-order valence-electron chi connectivity index (χ3n) is 2.29. The number of anilines is 1. The molecule has 0 aliphatic heterocycles. The SMILES string of the molecule is Cc1nc(C)c(C(=O)Nc2cc(F)ccc2Br)o1. The molecule has 4 nitrogen and oxygen atoms in total. The predicted molar refractivity (Wildman–Crippen MR) is 68.0 cm³/mol. The van der Waals surface area contributed by atoms with Gasteiger partial charge in [-0.25, -0.2) is 9.37 Å². The number of halogens is 2. The second kappa shape index (κ2) is 4.89. The van der Waals surface area contributed by atoms with E-state index in [2.05, 4.69) is 26.2 Å². The zero-order chi connectivity index (χ0) is 13.3. The molecule has 0 aliphatic carbocycles. The molecule has 0 unspecified atom stereocenters. The van der Waals surface area contributed by atoms with E-state index in [1.54, 1.807) is 13.8 Å². The van der Waals surface area contributed by atoms with E-state index in [4.69, 9.17) is 4.42 Å². The number of carbonyl (C=O) groups excluding carboxylic acids is 1. The topological polar surface area (TPSA) is 55.1 Å². The van der Waals surface area contributed by atoms with Gasteiger partial charge in [0.2, 0.25) is 5.76 Å². The van der Waals surface area contributed by atoms with Gasteiger partial charge in [-0.2, -0.15) is 0 Å². The summed E-state index contributed by atoms with van der Waals surface area (Å²) in [6.45, 7) is 3.33. The molecule has 0 saturated carbocycles. The summed E-state index contributed by atoms with van der Waals surface area (Å²) in [4.78, 5) is 15.9. The molecule has 1 N–H and O–H groups in total. The number of aromatic nitrogens is 1. The lowest BCUT2D eigenvalue weighted by molar-refractivity contribution is 0.0994. The van der Waals surface area contributed by atoms with E-state index in [0.717, 1.165) is 0 Å². The first-order valence-corrected chi connectivity index (χ1v) is 5.97.